The summed E-state index contributed by atoms with van der Waals surface area (Å²) in [6.07, 6.45) is -0.328. The van der Waals surface area contributed by atoms with Crippen molar-refractivity contribution in [2.45, 2.75) is 12.5 Å². The molecule has 0 bridgehead atoms. The molecule has 0 saturated carbocycles. The first-order valence-electron chi connectivity index (χ1n) is 5.18. The molecule has 0 aromatic heterocycles. The highest BCUT2D eigenvalue weighted by atomic mass is 79.9. The Bertz CT molecular complexity index is 467. The molecule has 1 unspecified atom stereocenters. The van der Waals surface area contributed by atoms with Gasteiger partial charge in [-0.05, 0) is 18.7 Å². The molecule has 0 radical (unpaired) electrons. The molecule has 1 aliphatic rings. The molecule has 6 heteroatoms. The van der Waals surface area contributed by atoms with Gasteiger partial charge in [0.05, 0.1) is 5.69 Å². The number of benzene rings is 1. The number of carbonyl (C=O) groups excluding carboxylic acids is 1. The largest absolute Gasteiger partial charge is 0.475 e. The first-order chi connectivity index (χ1) is 8.04. The van der Waals surface area contributed by atoms with Crippen LogP contribution in [0.1, 0.15) is 6.42 Å². The summed E-state index contributed by atoms with van der Waals surface area (Å²) in [5.74, 6) is -0.593. The van der Waals surface area contributed by atoms with E-state index < -0.39 is 11.9 Å². The number of halogens is 2. The van der Waals surface area contributed by atoms with Gasteiger partial charge in [0.15, 0.2) is 17.7 Å². The second-order valence-electron chi connectivity index (χ2n) is 3.82. The SMILES string of the molecule is CN1C(=O)C(CCN)Oc2c(F)cc(Br)cc21. The molecular weight excluding hydrogens is 291 g/mol. The summed E-state index contributed by atoms with van der Waals surface area (Å²) in [4.78, 5) is 13.3. The smallest absolute Gasteiger partial charge is 0.267 e. The Hall–Kier alpha value is -1.14. The van der Waals surface area contributed by atoms with Crippen molar-refractivity contribution >= 4 is 27.5 Å². The van der Waals surface area contributed by atoms with E-state index >= 15 is 0 Å². The van der Waals surface area contributed by atoms with Crippen molar-refractivity contribution in [3.63, 3.8) is 0 Å². The Morgan fingerprint density at radius 1 is 1.59 bits per heavy atom. The molecule has 0 aliphatic carbocycles. The zero-order chi connectivity index (χ0) is 12.6. The van der Waals surface area contributed by atoms with E-state index in [0.29, 0.717) is 23.1 Å². The molecule has 0 saturated heterocycles. The number of ether oxygens (including phenoxy) is 1. The number of hydrogen-bond acceptors (Lipinski definition) is 3. The number of amides is 1. The van der Waals surface area contributed by atoms with Gasteiger partial charge in [-0.15, -0.1) is 0 Å². The molecule has 1 aromatic rings. The minimum absolute atomic E-state index is 0.105. The molecular formula is C11H12BrFN2O2. The van der Waals surface area contributed by atoms with Crippen LogP contribution in [-0.2, 0) is 4.79 Å². The van der Waals surface area contributed by atoms with E-state index in [4.69, 9.17) is 10.5 Å². The van der Waals surface area contributed by atoms with E-state index in [-0.39, 0.29) is 11.7 Å². The second kappa shape index (κ2) is 4.62. The van der Waals surface area contributed by atoms with Gasteiger partial charge in [0.25, 0.3) is 5.91 Å². The lowest BCUT2D eigenvalue weighted by atomic mass is 10.1. The van der Waals surface area contributed by atoms with Crippen molar-refractivity contribution in [2.75, 3.05) is 18.5 Å². The Labute approximate surface area is 107 Å². The van der Waals surface area contributed by atoms with Gasteiger partial charge < -0.3 is 15.4 Å². The third-order valence-corrected chi connectivity index (χ3v) is 3.10. The van der Waals surface area contributed by atoms with Gasteiger partial charge in [0, 0.05) is 17.9 Å². The summed E-state index contributed by atoms with van der Waals surface area (Å²) < 4.78 is 19.7. The highest BCUT2D eigenvalue weighted by Crippen LogP contribution is 2.38. The summed E-state index contributed by atoms with van der Waals surface area (Å²) in [6.45, 7) is 0.317. The van der Waals surface area contributed by atoms with Crippen LogP contribution in [0.2, 0.25) is 0 Å². The maximum atomic E-state index is 13.7. The number of likely N-dealkylation sites (N-methyl/N-ethyl adjacent to an activating group) is 1. The molecule has 1 aromatic carbocycles. The number of nitrogens with zero attached hydrogens (tertiary/aromatic N) is 1. The van der Waals surface area contributed by atoms with E-state index in [1.54, 1.807) is 13.1 Å². The molecule has 1 aliphatic heterocycles. The lowest BCUT2D eigenvalue weighted by molar-refractivity contribution is -0.126. The van der Waals surface area contributed by atoms with Crippen molar-refractivity contribution in [1.82, 2.24) is 0 Å². The van der Waals surface area contributed by atoms with Gasteiger partial charge in [-0.3, -0.25) is 4.79 Å². The highest BCUT2D eigenvalue weighted by Gasteiger charge is 2.33. The van der Waals surface area contributed by atoms with Crippen LogP contribution in [0.5, 0.6) is 5.75 Å². The second-order valence-corrected chi connectivity index (χ2v) is 4.73. The first-order valence-corrected chi connectivity index (χ1v) is 5.97. The average Bonchev–Trinajstić information content (AvgIpc) is 2.27. The molecule has 92 valence electrons. The van der Waals surface area contributed by atoms with Crippen LogP contribution in [0.15, 0.2) is 16.6 Å². The number of fused-ring (bicyclic) bond motifs is 1. The van der Waals surface area contributed by atoms with E-state index in [2.05, 4.69) is 15.9 Å². The Balaban J connectivity index is 2.45. The van der Waals surface area contributed by atoms with E-state index in [1.165, 1.54) is 11.0 Å². The maximum absolute atomic E-state index is 13.7. The lowest BCUT2D eigenvalue weighted by Gasteiger charge is -2.32. The standard InChI is InChI=1S/C11H12BrFN2O2/c1-15-8-5-6(12)4-7(13)10(8)17-9(2-3-14)11(15)16/h4-5,9H,2-3,14H2,1H3. The van der Waals surface area contributed by atoms with Crippen molar-refractivity contribution < 1.29 is 13.9 Å². The van der Waals surface area contributed by atoms with Gasteiger partial charge in [-0.1, -0.05) is 15.9 Å². The van der Waals surface area contributed by atoms with Crippen LogP contribution in [0, 0.1) is 5.82 Å². The first kappa shape index (κ1) is 12.3. The van der Waals surface area contributed by atoms with Crippen molar-refractivity contribution in [3.05, 3.63) is 22.4 Å². The summed E-state index contributed by atoms with van der Waals surface area (Å²) in [5, 5.41) is 0. The van der Waals surface area contributed by atoms with Crippen LogP contribution in [0.3, 0.4) is 0 Å². The Morgan fingerprint density at radius 2 is 2.29 bits per heavy atom. The quantitative estimate of drug-likeness (QED) is 0.904. The minimum Gasteiger partial charge on any atom is -0.475 e. The monoisotopic (exact) mass is 302 g/mol. The van der Waals surface area contributed by atoms with Crippen LogP contribution < -0.4 is 15.4 Å². The van der Waals surface area contributed by atoms with Crippen LogP contribution in [0.25, 0.3) is 0 Å². The highest BCUT2D eigenvalue weighted by molar-refractivity contribution is 9.10. The zero-order valence-corrected chi connectivity index (χ0v) is 10.8. The fourth-order valence-corrected chi connectivity index (χ4v) is 2.19. The fourth-order valence-electron chi connectivity index (χ4n) is 1.77. The predicted octanol–water partition coefficient (Wildman–Crippen LogP) is 1.66. The maximum Gasteiger partial charge on any atom is 0.267 e. The van der Waals surface area contributed by atoms with Crippen molar-refractivity contribution in [1.29, 1.82) is 0 Å². The predicted molar refractivity (Wildman–Crippen MR) is 65.6 cm³/mol. The topological polar surface area (TPSA) is 55.6 Å². The summed E-state index contributed by atoms with van der Waals surface area (Å²) in [6, 6.07) is 2.96. The molecule has 17 heavy (non-hydrogen) atoms. The Kier molecular flexibility index (Phi) is 3.35. The van der Waals surface area contributed by atoms with E-state index in [0.717, 1.165) is 0 Å². The van der Waals surface area contributed by atoms with Crippen LogP contribution in [-0.4, -0.2) is 25.6 Å². The third-order valence-electron chi connectivity index (χ3n) is 2.65. The van der Waals surface area contributed by atoms with Gasteiger partial charge in [-0.2, -0.15) is 0 Å². The van der Waals surface area contributed by atoms with E-state index in [9.17, 15) is 9.18 Å². The molecule has 0 spiro atoms. The lowest BCUT2D eigenvalue weighted by Crippen LogP contribution is -2.44. The normalized spacial score (nSPS) is 18.9. The molecule has 1 heterocycles. The molecule has 1 atom stereocenters. The van der Waals surface area contributed by atoms with Crippen molar-refractivity contribution in [2.24, 2.45) is 5.73 Å². The molecule has 4 nitrogen and oxygen atoms in total. The van der Waals surface area contributed by atoms with Crippen LogP contribution >= 0.6 is 15.9 Å². The number of rotatable bonds is 2. The number of hydrogen-bond donors (Lipinski definition) is 1. The summed E-state index contributed by atoms with van der Waals surface area (Å²) >= 11 is 3.18. The van der Waals surface area contributed by atoms with Gasteiger partial charge >= 0.3 is 0 Å². The van der Waals surface area contributed by atoms with Crippen LogP contribution in [0.4, 0.5) is 10.1 Å². The number of anilines is 1. The summed E-state index contributed by atoms with van der Waals surface area (Å²) in [5.41, 5.74) is 5.82. The third kappa shape index (κ3) is 2.14. The molecule has 2 rings (SSSR count). The van der Waals surface area contributed by atoms with Gasteiger partial charge in [0.1, 0.15) is 0 Å². The molecule has 2 N–H and O–H groups in total. The van der Waals surface area contributed by atoms with Crippen molar-refractivity contribution in [3.8, 4) is 5.75 Å². The van der Waals surface area contributed by atoms with Gasteiger partial charge in [0.2, 0.25) is 0 Å². The van der Waals surface area contributed by atoms with Gasteiger partial charge in [-0.25, -0.2) is 4.39 Å². The number of nitrogens with two attached hydrogens (primary N) is 1. The Morgan fingerprint density at radius 3 is 2.94 bits per heavy atom. The van der Waals surface area contributed by atoms with E-state index in [1.807, 2.05) is 0 Å². The number of carbonyl (C=O) groups is 1. The average molecular weight is 303 g/mol. The minimum atomic E-state index is -0.701. The zero-order valence-electron chi connectivity index (χ0n) is 9.24. The molecule has 1 amide bonds. The summed E-state index contributed by atoms with van der Waals surface area (Å²) in [7, 11) is 1.60. The fraction of sp³-hybridized carbons (Fsp3) is 0.364. The molecule has 0 fully saturated rings.